The summed E-state index contributed by atoms with van der Waals surface area (Å²) in [7, 11) is 1.41. The van der Waals surface area contributed by atoms with Crippen LogP contribution >= 0.6 is 12.4 Å². The fraction of sp³-hybridized carbons (Fsp3) is 0.846. The largest absolute Gasteiger partial charge is 0.481 e. The van der Waals surface area contributed by atoms with Crippen LogP contribution in [0.2, 0.25) is 0 Å². The van der Waals surface area contributed by atoms with Gasteiger partial charge in [0.2, 0.25) is 0 Å². The first-order chi connectivity index (χ1) is 8.00. The molecule has 4 saturated carbocycles. The number of hydrogen-bond donors (Lipinski definition) is 1. The average molecular weight is 275 g/mol. The van der Waals surface area contributed by atoms with Crippen molar-refractivity contribution in [3.8, 4) is 0 Å². The summed E-state index contributed by atoms with van der Waals surface area (Å²) in [6.45, 7) is 0. The number of methoxy groups -OCH3 is 1. The van der Waals surface area contributed by atoms with Crippen molar-refractivity contribution in [3.05, 3.63) is 0 Å². The lowest BCUT2D eigenvalue weighted by Gasteiger charge is -2.58. The van der Waals surface area contributed by atoms with Gasteiger partial charge in [-0.15, -0.1) is 12.4 Å². The highest BCUT2D eigenvalue weighted by atomic mass is 35.5. The fourth-order valence-electron chi connectivity index (χ4n) is 4.97. The first-order valence-electron chi connectivity index (χ1n) is 6.32. The van der Waals surface area contributed by atoms with Gasteiger partial charge in [0.1, 0.15) is 0 Å². The van der Waals surface area contributed by atoms with Gasteiger partial charge in [0, 0.05) is 0 Å². The highest BCUT2D eigenvalue weighted by Gasteiger charge is 2.63. The molecule has 0 aromatic rings. The molecule has 18 heavy (non-hydrogen) atoms. The summed E-state index contributed by atoms with van der Waals surface area (Å²) in [5.74, 6) is -0.0741. The van der Waals surface area contributed by atoms with E-state index in [4.69, 9.17) is 4.74 Å². The zero-order chi connectivity index (χ0) is 12.3. The summed E-state index contributed by atoms with van der Waals surface area (Å²) >= 11 is 0. The predicted molar refractivity (Wildman–Crippen MR) is 66.4 cm³/mol. The molecule has 4 nitrogen and oxygen atoms in total. The lowest BCUT2D eigenvalue weighted by Crippen LogP contribution is -2.57. The molecule has 0 spiro atoms. The zero-order valence-corrected chi connectivity index (χ0v) is 11.3. The second kappa shape index (κ2) is 4.12. The summed E-state index contributed by atoms with van der Waals surface area (Å²) in [5, 5.41) is 9.50. The number of carboxylic acids is 1. The Morgan fingerprint density at radius 2 is 1.61 bits per heavy atom. The lowest BCUT2D eigenvalue weighted by atomic mass is 9.44. The number of aliphatic carboxylic acids is 1. The van der Waals surface area contributed by atoms with Crippen LogP contribution in [0, 0.1) is 22.7 Å². The molecule has 0 amide bonds. The van der Waals surface area contributed by atoms with Gasteiger partial charge in [0.15, 0.2) is 0 Å². The van der Waals surface area contributed by atoms with Crippen molar-refractivity contribution in [3.63, 3.8) is 0 Å². The van der Waals surface area contributed by atoms with Gasteiger partial charge in [-0.25, -0.2) is 0 Å². The van der Waals surface area contributed by atoms with Crippen molar-refractivity contribution in [2.45, 2.75) is 38.5 Å². The van der Waals surface area contributed by atoms with E-state index in [1.54, 1.807) is 0 Å². The molecular weight excluding hydrogens is 256 g/mol. The van der Waals surface area contributed by atoms with Gasteiger partial charge in [-0.05, 0) is 50.4 Å². The van der Waals surface area contributed by atoms with Crippen LogP contribution in [0.5, 0.6) is 0 Å². The quantitative estimate of drug-likeness (QED) is 0.785. The molecule has 5 heteroatoms. The first kappa shape index (κ1) is 13.7. The third-order valence-electron chi connectivity index (χ3n) is 5.13. The molecule has 4 aliphatic carbocycles. The molecule has 4 fully saturated rings. The minimum absolute atomic E-state index is 0. The summed E-state index contributed by atoms with van der Waals surface area (Å²) in [6.07, 6.45) is 4.80. The molecule has 4 rings (SSSR count). The number of halogens is 1. The smallest absolute Gasteiger partial charge is 0.311 e. The molecule has 0 saturated heterocycles. The van der Waals surface area contributed by atoms with Crippen molar-refractivity contribution < 1.29 is 19.4 Å². The normalized spacial score (nSPS) is 44.3. The van der Waals surface area contributed by atoms with Crippen LogP contribution in [0.4, 0.5) is 0 Å². The molecule has 4 aliphatic rings. The fourth-order valence-corrected chi connectivity index (χ4v) is 4.97. The van der Waals surface area contributed by atoms with E-state index in [-0.39, 0.29) is 18.4 Å². The summed E-state index contributed by atoms with van der Waals surface area (Å²) in [4.78, 5) is 23.6. The molecule has 0 radical (unpaired) electrons. The Labute approximate surface area is 112 Å². The minimum Gasteiger partial charge on any atom is -0.481 e. The van der Waals surface area contributed by atoms with E-state index in [0.29, 0.717) is 18.3 Å². The Morgan fingerprint density at radius 1 is 1.11 bits per heavy atom. The van der Waals surface area contributed by atoms with Gasteiger partial charge < -0.3 is 9.84 Å². The lowest BCUT2D eigenvalue weighted by molar-refractivity contribution is -0.189. The van der Waals surface area contributed by atoms with E-state index in [1.165, 1.54) is 7.11 Å². The molecule has 4 bridgehead atoms. The maximum absolute atomic E-state index is 12.0. The third kappa shape index (κ3) is 1.65. The first-order valence-corrected chi connectivity index (χ1v) is 6.32. The molecule has 102 valence electrons. The van der Waals surface area contributed by atoms with Crippen molar-refractivity contribution >= 4 is 24.3 Å². The van der Waals surface area contributed by atoms with Gasteiger partial charge in [-0.3, -0.25) is 9.59 Å². The highest BCUT2D eigenvalue weighted by molar-refractivity contribution is 5.85. The molecule has 2 unspecified atom stereocenters. The van der Waals surface area contributed by atoms with Gasteiger partial charge in [-0.2, -0.15) is 0 Å². The maximum atomic E-state index is 12.0. The number of carbonyl (C=O) groups is 2. The van der Waals surface area contributed by atoms with Gasteiger partial charge >= 0.3 is 11.9 Å². The molecular formula is C13H19ClO4. The second-order valence-corrected chi connectivity index (χ2v) is 6.32. The van der Waals surface area contributed by atoms with E-state index >= 15 is 0 Å². The molecule has 0 aromatic heterocycles. The SMILES string of the molecule is COC(=O)C12CC3CC(CC(C(=O)O)(C3)C1)C2.Cl. The molecule has 2 atom stereocenters. The number of ether oxygens (including phenoxy) is 1. The van der Waals surface area contributed by atoms with E-state index in [2.05, 4.69) is 0 Å². The zero-order valence-electron chi connectivity index (χ0n) is 10.5. The summed E-state index contributed by atoms with van der Waals surface area (Å²) in [6, 6.07) is 0. The number of hydrogen-bond acceptors (Lipinski definition) is 3. The minimum atomic E-state index is -0.708. The van der Waals surface area contributed by atoms with Gasteiger partial charge in [0.25, 0.3) is 0 Å². The number of esters is 1. The van der Waals surface area contributed by atoms with Crippen LogP contribution in [0.3, 0.4) is 0 Å². The van der Waals surface area contributed by atoms with Crippen LogP contribution in [-0.2, 0) is 14.3 Å². The second-order valence-electron chi connectivity index (χ2n) is 6.32. The van der Waals surface area contributed by atoms with Crippen molar-refractivity contribution in [1.82, 2.24) is 0 Å². The Bertz CT molecular complexity index is 378. The Morgan fingerprint density at radius 3 is 2.06 bits per heavy atom. The van der Waals surface area contributed by atoms with Gasteiger partial charge in [-0.1, -0.05) is 0 Å². The van der Waals surface area contributed by atoms with Crippen LogP contribution in [0.25, 0.3) is 0 Å². The van der Waals surface area contributed by atoms with Crippen LogP contribution in [0.1, 0.15) is 38.5 Å². The highest BCUT2D eigenvalue weighted by Crippen LogP contribution is 2.65. The van der Waals surface area contributed by atoms with Crippen molar-refractivity contribution in [2.24, 2.45) is 22.7 Å². The third-order valence-corrected chi connectivity index (χ3v) is 5.13. The van der Waals surface area contributed by atoms with E-state index in [9.17, 15) is 14.7 Å². The molecule has 1 N–H and O–H groups in total. The Balaban J connectivity index is 0.00000120. The van der Waals surface area contributed by atoms with Crippen molar-refractivity contribution in [1.29, 1.82) is 0 Å². The molecule has 0 aromatic carbocycles. The standard InChI is InChI=1S/C13H18O4.ClH/c1-17-11(16)13-5-8-2-9(6-13)4-12(3-8,7-13)10(14)15;/h8-9H,2-7H2,1H3,(H,14,15);1H. The van der Waals surface area contributed by atoms with Crippen LogP contribution in [-0.4, -0.2) is 24.2 Å². The average Bonchev–Trinajstić information content (AvgIpc) is 2.26. The monoisotopic (exact) mass is 274 g/mol. The van der Waals surface area contributed by atoms with Crippen LogP contribution in [0.15, 0.2) is 0 Å². The topological polar surface area (TPSA) is 63.6 Å². The number of rotatable bonds is 2. The van der Waals surface area contributed by atoms with Gasteiger partial charge in [0.05, 0.1) is 17.9 Å². The maximum Gasteiger partial charge on any atom is 0.311 e. The van der Waals surface area contributed by atoms with Crippen molar-refractivity contribution in [2.75, 3.05) is 7.11 Å². The van der Waals surface area contributed by atoms with E-state index < -0.39 is 16.8 Å². The summed E-state index contributed by atoms with van der Waals surface area (Å²) < 4.78 is 4.93. The molecule has 0 heterocycles. The van der Waals surface area contributed by atoms with E-state index in [0.717, 1.165) is 32.1 Å². The summed E-state index contributed by atoms with van der Waals surface area (Å²) in [5.41, 5.74) is -1.13. The number of carboxylic acid groups (broad SMARTS) is 1. The van der Waals surface area contributed by atoms with E-state index in [1.807, 2.05) is 0 Å². The molecule has 0 aliphatic heterocycles. The predicted octanol–water partition coefficient (Wildman–Crippen LogP) is 2.25. The Hall–Kier alpha value is -0.770. The number of carbonyl (C=O) groups excluding carboxylic acids is 1. The van der Waals surface area contributed by atoms with Crippen LogP contribution < -0.4 is 0 Å². The Kier molecular flexibility index (Phi) is 3.13.